The van der Waals surface area contributed by atoms with Gasteiger partial charge in [0.15, 0.2) is 0 Å². The quantitative estimate of drug-likeness (QED) is 0.492. The van der Waals surface area contributed by atoms with Crippen molar-refractivity contribution in [3.05, 3.63) is 75.9 Å². The van der Waals surface area contributed by atoms with Crippen LogP contribution in [0.2, 0.25) is 0 Å². The van der Waals surface area contributed by atoms with Gasteiger partial charge in [-0.1, -0.05) is 46.3 Å². The van der Waals surface area contributed by atoms with Crippen LogP contribution in [0.3, 0.4) is 0 Å². The molecule has 2 amide bonds. The molecule has 0 heterocycles. The Hall–Kier alpha value is -2.44. The van der Waals surface area contributed by atoms with Gasteiger partial charge in [-0.25, -0.2) is 0 Å². The molecule has 3 N–H and O–H groups in total. The van der Waals surface area contributed by atoms with Gasteiger partial charge in [0.05, 0.1) is 0 Å². The molecule has 0 spiro atoms. The first-order valence-electron chi connectivity index (χ1n) is 7.83. The van der Waals surface area contributed by atoms with E-state index in [9.17, 15) is 9.59 Å². The minimum Gasteiger partial charge on any atom is -0.396 e. The van der Waals surface area contributed by atoms with Gasteiger partial charge in [-0.2, -0.15) is 0 Å². The second-order valence-corrected chi connectivity index (χ2v) is 6.18. The van der Waals surface area contributed by atoms with Crippen LogP contribution in [0, 0.1) is 0 Å². The van der Waals surface area contributed by atoms with Gasteiger partial charge in [0.2, 0.25) is 0 Å². The Morgan fingerprint density at radius 1 is 1.04 bits per heavy atom. The van der Waals surface area contributed by atoms with Crippen LogP contribution in [-0.2, 0) is 4.79 Å². The molecule has 0 atom stereocenters. The number of nitrogens with one attached hydrogen (secondary N) is 2. The Labute approximate surface area is 154 Å². The van der Waals surface area contributed by atoms with Gasteiger partial charge >= 0.3 is 0 Å². The van der Waals surface area contributed by atoms with Crippen molar-refractivity contribution in [1.29, 1.82) is 0 Å². The third kappa shape index (κ3) is 6.17. The highest BCUT2D eigenvalue weighted by Crippen LogP contribution is 2.11. The van der Waals surface area contributed by atoms with E-state index in [0.717, 1.165) is 10.0 Å². The number of rotatable bonds is 7. The number of carbonyl (C=O) groups is 2. The first-order chi connectivity index (χ1) is 12.1. The van der Waals surface area contributed by atoms with Crippen molar-refractivity contribution < 1.29 is 14.7 Å². The lowest BCUT2D eigenvalue weighted by Crippen LogP contribution is -2.35. The second-order valence-electron chi connectivity index (χ2n) is 5.26. The molecule has 0 radical (unpaired) electrons. The summed E-state index contributed by atoms with van der Waals surface area (Å²) in [5.74, 6) is -0.769. The highest BCUT2D eigenvalue weighted by molar-refractivity contribution is 9.10. The lowest BCUT2D eigenvalue weighted by molar-refractivity contribution is -0.117. The van der Waals surface area contributed by atoms with Crippen LogP contribution in [0.1, 0.15) is 22.3 Å². The van der Waals surface area contributed by atoms with Gasteiger partial charge in [-0.15, -0.1) is 0 Å². The molecule has 6 heteroatoms. The van der Waals surface area contributed by atoms with E-state index in [1.54, 1.807) is 30.3 Å². The molecule has 0 unspecified atom stereocenters. The fraction of sp³-hybridized carbons (Fsp3) is 0.158. The van der Waals surface area contributed by atoms with E-state index < -0.39 is 5.91 Å². The van der Waals surface area contributed by atoms with Crippen LogP contribution in [0.15, 0.2) is 64.8 Å². The SMILES string of the molecule is O=C(NCCCO)/C(=C/c1ccccc1)NC(=O)c1ccc(Br)cc1. The molecule has 25 heavy (non-hydrogen) atoms. The lowest BCUT2D eigenvalue weighted by atomic mass is 10.1. The highest BCUT2D eigenvalue weighted by atomic mass is 79.9. The largest absolute Gasteiger partial charge is 0.396 e. The number of aliphatic hydroxyl groups is 1. The fourth-order valence-electron chi connectivity index (χ4n) is 2.05. The number of hydrogen-bond acceptors (Lipinski definition) is 3. The van der Waals surface area contributed by atoms with Gasteiger partial charge in [0.1, 0.15) is 5.70 Å². The predicted molar refractivity (Wildman–Crippen MR) is 101 cm³/mol. The summed E-state index contributed by atoms with van der Waals surface area (Å²) >= 11 is 3.32. The zero-order valence-electron chi connectivity index (χ0n) is 13.5. The molecule has 2 aromatic carbocycles. The Morgan fingerprint density at radius 2 is 1.72 bits per heavy atom. The molecule has 0 aliphatic carbocycles. The Balaban J connectivity index is 2.18. The molecule has 2 rings (SSSR count). The third-order valence-electron chi connectivity index (χ3n) is 3.33. The molecule has 0 saturated heterocycles. The van der Waals surface area contributed by atoms with E-state index >= 15 is 0 Å². The van der Waals surface area contributed by atoms with Gasteiger partial charge in [-0.05, 0) is 42.3 Å². The number of carbonyl (C=O) groups excluding carboxylic acids is 2. The van der Waals surface area contributed by atoms with E-state index in [0.29, 0.717) is 18.5 Å². The summed E-state index contributed by atoms with van der Waals surface area (Å²) in [5, 5.41) is 14.2. The first kappa shape index (κ1) is 18.9. The fourth-order valence-corrected chi connectivity index (χ4v) is 2.31. The van der Waals surface area contributed by atoms with Crippen molar-refractivity contribution >= 4 is 33.8 Å². The monoisotopic (exact) mass is 402 g/mol. The van der Waals surface area contributed by atoms with Crippen LogP contribution in [0.25, 0.3) is 6.08 Å². The van der Waals surface area contributed by atoms with Crippen molar-refractivity contribution in [1.82, 2.24) is 10.6 Å². The Morgan fingerprint density at radius 3 is 2.36 bits per heavy atom. The number of hydrogen-bond donors (Lipinski definition) is 3. The zero-order valence-corrected chi connectivity index (χ0v) is 15.1. The summed E-state index contributed by atoms with van der Waals surface area (Å²) in [6.45, 7) is 0.318. The average molecular weight is 403 g/mol. The maximum Gasteiger partial charge on any atom is 0.267 e. The molecule has 2 aromatic rings. The van der Waals surface area contributed by atoms with Gasteiger partial charge < -0.3 is 15.7 Å². The maximum absolute atomic E-state index is 12.4. The number of aliphatic hydroxyl groups excluding tert-OH is 1. The van der Waals surface area contributed by atoms with Crippen molar-refractivity contribution in [3.8, 4) is 0 Å². The molecule has 0 aliphatic rings. The minimum absolute atomic E-state index is 0.0106. The van der Waals surface area contributed by atoms with Crippen molar-refractivity contribution in [2.75, 3.05) is 13.2 Å². The zero-order chi connectivity index (χ0) is 18.1. The van der Waals surface area contributed by atoms with E-state index in [2.05, 4.69) is 26.6 Å². The van der Waals surface area contributed by atoms with E-state index in [1.807, 2.05) is 30.3 Å². The topological polar surface area (TPSA) is 78.4 Å². The molecule has 0 bridgehead atoms. The van der Waals surface area contributed by atoms with E-state index in [4.69, 9.17) is 5.11 Å². The highest BCUT2D eigenvalue weighted by Gasteiger charge is 2.14. The molecule has 0 fully saturated rings. The van der Waals surface area contributed by atoms with Gasteiger partial charge in [0, 0.05) is 23.2 Å². The Bertz CT molecular complexity index is 743. The molecule has 130 valence electrons. The normalized spacial score (nSPS) is 11.0. The minimum atomic E-state index is -0.400. The van der Waals surface area contributed by atoms with Crippen LogP contribution in [-0.4, -0.2) is 30.1 Å². The first-order valence-corrected chi connectivity index (χ1v) is 8.62. The summed E-state index contributed by atoms with van der Waals surface area (Å²) in [7, 11) is 0. The van der Waals surface area contributed by atoms with Crippen LogP contribution in [0.5, 0.6) is 0 Å². The van der Waals surface area contributed by atoms with Gasteiger partial charge in [0.25, 0.3) is 11.8 Å². The van der Waals surface area contributed by atoms with Crippen molar-refractivity contribution in [3.63, 3.8) is 0 Å². The smallest absolute Gasteiger partial charge is 0.267 e. The van der Waals surface area contributed by atoms with Crippen molar-refractivity contribution in [2.24, 2.45) is 0 Å². The summed E-state index contributed by atoms with van der Waals surface area (Å²) in [4.78, 5) is 24.8. The molecule has 0 aliphatic heterocycles. The molecular weight excluding hydrogens is 384 g/mol. The van der Waals surface area contributed by atoms with Crippen molar-refractivity contribution in [2.45, 2.75) is 6.42 Å². The molecule has 5 nitrogen and oxygen atoms in total. The number of halogens is 1. The summed E-state index contributed by atoms with van der Waals surface area (Å²) in [6.07, 6.45) is 2.07. The second kappa shape index (κ2) is 9.76. The third-order valence-corrected chi connectivity index (χ3v) is 3.86. The van der Waals surface area contributed by atoms with E-state index in [-0.39, 0.29) is 18.2 Å². The summed E-state index contributed by atoms with van der Waals surface area (Å²) in [5.41, 5.74) is 1.40. The van der Waals surface area contributed by atoms with Crippen LogP contribution >= 0.6 is 15.9 Å². The van der Waals surface area contributed by atoms with Gasteiger partial charge in [-0.3, -0.25) is 9.59 Å². The predicted octanol–water partition coefficient (Wildman–Crippen LogP) is 2.72. The van der Waals surface area contributed by atoms with E-state index in [1.165, 1.54) is 0 Å². The summed E-state index contributed by atoms with van der Waals surface area (Å²) in [6, 6.07) is 16.1. The number of amides is 2. The maximum atomic E-state index is 12.4. The molecule has 0 saturated carbocycles. The Kier molecular flexibility index (Phi) is 7.37. The average Bonchev–Trinajstić information content (AvgIpc) is 2.62. The summed E-state index contributed by atoms with van der Waals surface area (Å²) < 4.78 is 0.867. The standard InChI is InChI=1S/C19H19BrN2O3/c20-16-9-7-15(8-10-16)18(24)22-17(19(25)21-11-4-12-23)13-14-5-2-1-3-6-14/h1-3,5-10,13,23H,4,11-12H2,(H,21,25)(H,22,24)/b17-13-. The van der Waals surface area contributed by atoms with Crippen LogP contribution in [0.4, 0.5) is 0 Å². The molecule has 0 aromatic heterocycles. The molecular formula is C19H19BrN2O3. The van der Waals surface area contributed by atoms with Crippen LogP contribution < -0.4 is 10.6 Å². The number of benzene rings is 2. The lowest BCUT2D eigenvalue weighted by Gasteiger charge is -2.11.